The van der Waals surface area contributed by atoms with Gasteiger partial charge in [0.25, 0.3) is 5.91 Å². The number of nitrogens with zero attached hydrogens (tertiary/aromatic N) is 1. The molecule has 1 heterocycles. The molecule has 22 heavy (non-hydrogen) atoms. The molecule has 0 fully saturated rings. The van der Waals surface area contributed by atoms with Crippen LogP contribution in [0.3, 0.4) is 0 Å². The molecule has 2 aromatic carbocycles. The molecule has 0 unspecified atom stereocenters. The van der Waals surface area contributed by atoms with E-state index in [9.17, 15) is 9.90 Å². The quantitative estimate of drug-likeness (QED) is 0.703. The Morgan fingerprint density at radius 1 is 1.09 bits per heavy atom. The van der Waals surface area contributed by atoms with Gasteiger partial charge in [0.2, 0.25) is 0 Å². The van der Waals surface area contributed by atoms with E-state index in [0.717, 1.165) is 9.86 Å². The zero-order valence-electron chi connectivity index (χ0n) is 10.9. The molecular weight excluding hydrogens is 344 g/mol. The van der Waals surface area contributed by atoms with E-state index in [-0.39, 0.29) is 24.6 Å². The van der Waals surface area contributed by atoms with Gasteiger partial charge in [-0.3, -0.25) is 9.78 Å². The molecule has 1 amide bonds. The number of anilines is 1. The van der Waals surface area contributed by atoms with Crippen LogP contribution >= 0.6 is 15.9 Å². The lowest BCUT2D eigenvalue weighted by Crippen LogP contribution is -2.12. The predicted molar refractivity (Wildman–Crippen MR) is 92.2 cm³/mol. The highest BCUT2D eigenvalue weighted by Gasteiger charge is 2.15. The van der Waals surface area contributed by atoms with E-state index in [4.69, 9.17) is 0 Å². The third-order valence-corrected chi connectivity index (χ3v) is 3.81. The number of aromatic nitrogens is 1. The fourth-order valence-corrected chi connectivity index (χ4v) is 2.45. The van der Waals surface area contributed by atoms with Gasteiger partial charge in [0.1, 0.15) is 5.52 Å². The first-order valence-electron chi connectivity index (χ1n) is 6.29. The van der Waals surface area contributed by atoms with Crippen LogP contribution in [0, 0.1) is 0 Å². The Morgan fingerprint density at radius 2 is 1.86 bits per heavy atom. The van der Waals surface area contributed by atoms with Crippen molar-refractivity contribution in [3.8, 4) is 5.75 Å². The zero-order chi connectivity index (χ0) is 14.8. The average molecular weight is 359 g/mol. The fraction of sp³-hybridized carbons (Fsp3) is 0.0588. The van der Waals surface area contributed by atoms with Gasteiger partial charge in [-0.1, -0.05) is 31.7 Å². The number of benzene rings is 2. The van der Waals surface area contributed by atoms with Crippen molar-refractivity contribution in [1.82, 2.24) is 4.98 Å². The van der Waals surface area contributed by atoms with E-state index in [1.807, 2.05) is 24.3 Å². The number of phenols is 1. The molecular formula is C17H15BrN2O2. The third kappa shape index (κ3) is 2.94. The van der Waals surface area contributed by atoms with E-state index >= 15 is 0 Å². The topological polar surface area (TPSA) is 62.2 Å². The van der Waals surface area contributed by atoms with Crippen molar-refractivity contribution < 1.29 is 9.90 Å². The largest absolute Gasteiger partial charge is 0.505 e. The van der Waals surface area contributed by atoms with Gasteiger partial charge < -0.3 is 10.4 Å². The average Bonchev–Trinajstić information content (AvgIpc) is 2.50. The minimum atomic E-state index is -0.382. The Kier molecular flexibility index (Phi) is 4.78. The monoisotopic (exact) mass is 358 g/mol. The molecule has 3 rings (SSSR count). The number of phenolic OH excluding ortho intramolecular Hbond substituents is 1. The molecule has 5 heteroatoms. The van der Waals surface area contributed by atoms with E-state index in [1.54, 1.807) is 30.5 Å². The molecule has 0 spiro atoms. The van der Waals surface area contributed by atoms with Crippen LogP contribution in [0.5, 0.6) is 5.75 Å². The van der Waals surface area contributed by atoms with Crippen molar-refractivity contribution >= 4 is 38.4 Å². The van der Waals surface area contributed by atoms with Crippen LogP contribution in [0.15, 0.2) is 59.2 Å². The molecule has 2 N–H and O–H groups in total. The van der Waals surface area contributed by atoms with Gasteiger partial charge >= 0.3 is 0 Å². The number of hydrogen-bond donors (Lipinski definition) is 2. The lowest BCUT2D eigenvalue weighted by molar-refractivity contribution is 0.102. The molecule has 0 aliphatic heterocycles. The van der Waals surface area contributed by atoms with Gasteiger partial charge in [-0.15, -0.1) is 0 Å². The summed E-state index contributed by atoms with van der Waals surface area (Å²) in [7, 11) is 0. The second-order valence-corrected chi connectivity index (χ2v) is 5.33. The number of hydrogen-bond acceptors (Lipinski definition) is 3. The number of halogens is 1. The smallest absolute Gasteiger partial charge is 0.259 e. The van der Waals surface area contributed by atoms with E-state index < -0.39 is 0 Å². The van der Waals surface area contributed by atoms with Crippen LogP contribution in [0.25, 0.3) is 10.9 Å². The van der Waals surface area contributed by atoms with E-state index in [0.29, 0.717) is 11.2 Å². The first kappa shape index (κ1) is 16.0. The highest BCUT2D eigenvalue weighted by Crippen LogP contribution is 2.28. The number of pyridine rings is 1. The molecule has 112 valence electrons. The Balaban J connectivity index is 0.00000176. The number of para-hydroxylation sites is 1. The van der Waals surface area contributed by atoms with Gasteiger partial charge in [0.05, 0.1) is 11.3 Å². The number of fused-ring (bicyclic) bond motifs is 1. The van der Waals surface area contributed by atoms with Crippen molar-refractivity contribution in [3.05, 3.63) is 64.8 Å². The molecule has 0 bridgehead atoms. The molecule has 0 saturated heterocycles. The molecule has 0 radical (unpaired) electrons. The van der Waals surface area contributed by atoms with Crippen LogP contribution in [-0.4, -0.2) is 16.0 Å². The summed E-state index contributed by atoms with van der Waals surface area (Å²) < 4.78 is 0.775. The van der Waals surface area contributed by atoms with Crippen molar-refractivity contribution in [2.24, 2.45) is 0 Å². The lowest BCUT2D eigenvalue weighted by atomic mass is 10.1. The van der Waals surface area contributed by atoms with Crippen LogP contribution in [0.2, 0.25) is 0 Å². The van der Waals surface area contributed by atoms with E-state index in [2.05, 4.69) is 26.2 Å². The lowest BCUT2D eigenvalue weighted by Gasteiger charge is -2.09. The summed E-state index contributed by atoms with van der Waals surface area (Å²) in [6, 6.07) is 14.2. The number of rotatable bonds is 2. The number of amides is 1. The summed E-state index contributed by atoms with van der Waals surface area (Å²) in [5.74, 6) is -0.496. The molecule has 0 atom stereocenters. The molecule has 1 aromatic heterocycles. The summed E-state index contributed by atoms with van der Waals surface area (Å²) in [6.07, 6.45) is 1.58. The van der Waals surface area contributed by atoms with Gasteiger partial charge in [0, 0.05) is 16.1 Å². The normalized spacial score (nSPS) is 10.0. The first-order chi connectivity index (χ1) is 10.2. The Hall–Kier alpha value is -2.40. The maximum Gasteiger partial charge on any atom is 0.259 e. The van der Waals surface area contributed by atoms with Gasteiger partial charge in [-0.25, -0.2) is 0 Å². The second kappa shape index (κ2) is 6.58. The summed E-state index contributed by atoms with van der Waals surface area (Å²) in [4.78, 5) is 16.4. The predicted octanol–water partition coefficient (Wildman–Crippen LogP) is 4.59. The van der Waals surface area contributed by atoms with Crippen molar-refractivity contribution in [3.63, 3.8) is 0 Å². The molecule has 0 saturated carbocycles. The second-order valence-electron chi connectivity index (χ2n) is 4.47. The summed E-state index contributed by atoms with van der Waals surface area (Å²) in [6.45, 7) is 0. The maximum atomic E-state index is 12.3. The summed E-state index contributed by atoms with van der Waals surface area (Å²) in [5.41, 5.74) is 1.25. The zero-order valence-corrected chi connectivity index (χ0v) is 12.5. The standard InChI is InChI=1S/C16H11BrN2O2.CH4/c17-12-5-1-2-6-13(12)19-16(21)11-8-7-10-4-3-9-18-14(10)15(11)20;/h1-9,20H,(H,19,21);1H4. The van der Waals surface area contributed by atoms with Crippen LogP contribution in [0.1, 0.15) is 17.8 Å². The Labute approximate surface area is 136 Å². The Morgan fingerprint density at radius 3 is 2.64 bits per heavy atom. The molecule has 0 aliphatic rings. The van der Waals surface area contributed by atoms with Gasteiger partial charge in [-0.2, -0.15) is 0 Å². The van der Waals surface area contributed by atoms with Crippen LogP contribution < -0.4 is 5.32 Å². The Bertz CT molecular complexity index is 834. The number of carbonyl (C=O) groups excluding carboxylic acids is 1. The minimum Gasteiger partial charge on any atom is -0.505 e. The van der Waals surface area contributed by atoms with Gasteiger partial charge in [0.15, 0.2) is 5.75 Å². The SMILES string of the molecule is C.O=C(Nc1ccccc1Br)c1ccc2cccnc2c1O. The fourth-order valence-electron chi connectivity index (χ4n) is 2.07. The van der Waals surface area contributed by atoms with Crippen molar-refractivity contribution in [2.75, 3.05) is 5.32 Å². The molecule has 4 nitrogen and oxygen atoms in total. The molecule has 0 aliphatic carbocycles. The van der Waals surface area contributed by atoms with Crippen molar-refractivity contribution in [1.29, 1.82) is 0 Å². The van der Waals surface area contributed by atoms with Crippen LogP contribution in [-0.2, 0) is 0 Å². The summed E-state index contributed by atoms with van der Waals surface area (Å²) in [5, 5.41) is 13.8. The first-order valence-corrected chi connectivity index (χ1v) is 7.08. The van der Waals surface area contributed by atoms with Gasteiger partial charge in [-0.05, 0) is 40.2 Å². The number of aromatic hydroxyl groups is 1. The third-order valence-electron chi connectivity index (χ3n) is 3.11. The van der Waals surface area contributed by atoms with Crippen LogP contribution in [0.4, 0.5) is 5.69 Å². The number of carbonyl (C=O) groups is 1. The van der Waals surface area contributed by atoms with E-state index in [1.165, 1.54) is 0 Å². The minimum absolute atomic E-state index is 0. The highest BCUT2D eigenvalue weighted by molar-refractivity contribution is 9.10. The highest BCUT2D eigenvalue weighted by atomic mass is 79.9. The molecule has 3 aromatic rings. The number of nitrogens with one attached hydrogen (secondary N) is 1. The summed E-state index contributed by atoms with van der Waals surface area (Å²) >= 11 is 3.37. The maximum absolute atomic E-state index is 12.3. The van der Waals surface area contributed by atoms with Crippen molar-refractivity contribution in [2.45, 2.75) is 7.43 Å².